The van der Waals surface area contributed by atoms with Crippen LogP contribution in [0.2, 0.25) is 5.02 Å². The van der Waals surface area contributed by atoms with E-state index in [9.17, 15) is 4.79 Å². The highest BCUT2D eigenvalue weighted by Gasteiger charge is 2.24. The lowest BCUT2D eigenvalue weighted by Gasteiger charge is -2.23. The van der Waals surface area contributed by atoms with Gasteiger partial charge in [0, 0.05) is 54.7 Å². The van der Waals surface area contributed by atoms with Gasteiger partial charge in [-0.15, -0.1) is 0 Å². The van der Waals surface area contributed by atoms with Gasteiger partial charge in [-0.25, -0.2) is 9.97 Å². The summed E-state index contributed by atoms with van der Waals surface area (Å²) in [5.74, 6) is 0.634. The van der Waals surface area contributed by atoms with Crippen LogP contribution in [0.4, 0.5) is 5.95 Å². The Labute approximate surface area is 202 Å². The summed E-state index contributed by atoms with van der Waals surface area (Å²) in [6, 6.07) is 13.4. The van der Waals surface area contributed by atoms with Gasteiger partial charge in [-0.2, -0.15) is 15.0 Å². The van der Waals surface area contributed by atoms with E-state index < -0.39 is 0 Å². The molecule has 9 heteroatoms. The first kappa shape index (κ1) is 22.0. The van der Waals surface area contributed by atoms with Gasteiger partial charge in [-0.05, 0) is 31.5 Å². The molecule has 0 radical (unpaired) electrons. The van der Waals surface area contributed by atoms with Crippen molar-refractivity contribution in [2.24, 2.45) is 0 Å². The van der Waals surface area contributed by atoms with Crippen molar-refractivity contribution in [3.63, 3.8) is 0 Å². The molecular formula is C25H24ClN7O. The van der Waals surface area contributed by atoms with Crippen molar-refractivity contribution in [3.05, 3.63) is 83.4 Å². The highest BCUT2D eigenvalue weighted by atomic mass is 35.5. The van der Waals surface area contributed by atoms with E-state index in [1.807, 2.05) is 54.3 Å². The van der Waals surface area contributed by atoms with Gasteiger partial charge in [-0.1, -0.05) is 41.4 Å². The zero-order valence-corrected chi connectivity index (χ0v) is 19.6. The van der Waals surface area contributed by atoms with E-state index in [1.165, 1.54) is 4.80 Å². The van der Waals surface area contributed by atoms with Crippen molar-refractivity contribution in [3.8, 4) is 16.8 Å². The normalized spacial score (nSPS) is 14.2. The van der Waals surface area contributed by atoms with Gasteiger partial charge in [0.15, 0.2) is 0 Å². The average molecular weight is 474 g/mol. The molecule has 172 valence electrons. The van der Waals surface area contributed by atoms with Crippen LogP contribution in [0, 0.1) is 6.92 Å². The smallest absolute Gasteiger partial charge is 0.256 e. The first-order valence-electron chi connectivity index (χ1n) is 11.2. The molecule has 0 spiro atoms. The van der Waals surface area contributed by atoms with Crippen LogP contribution in [0.3, 0.4) is 0 Å². The second kappa shape index (κ2) is 9.61. The zero-order valence-electron chi connectivity index (χ0n) is 18.8. The Bertz CT molecular complexity index is 1290. The Morgan fingerprint density at radius 3 is 2.47 bits per heavy atom. The van der Waals surface area contributed by atoms with E-state index in [0.717, 1.165) is 29.7 Å². The van der Waals surface area contributed by atoms with Gasteiger partial charge in [0.1, 0.15) is 0 Å². The van der Waals surface area contributed by atoms with Crippen LogP contribution in [0.25, 0.3) is 16.8 Å². The van der Waals surface area contributed by atoms with E-state index >= 15 is 0 Å². The Kier molecular flexibility index (Phi) is 6.22. The summed E-state index contributed by atoms with van der Waals surface area (Å²) in [6.45, 7) is 4.64. The molecule has 0 saturated carbocycles. The number of hydrogen-bond donors (Lipinski definition) is 0. The maximum atomic E-state index is 13.5. The Balaban J connectivity index is 1.32. The van der Waals surface area contributed by atoms with E-state index in [-0.39, 0.29) is 5.91 Å². The molecule has 4 aromatic rings. The summed E-state index contributed by atoms with van der Waals surface area (Å²) in [4.78, 5) is 28.2. The molecule has 1 aliphatic rings. The molecule has 2 aromatic carbocycles. The van der Waals surface area contributed by atoms with Crippen molar-refractivity contribution in [2.75, 3.05) is 31.1 Å². The summed E-state index contributed by atoms with van der Waals surface area (Å²) in [5, 5.41) is 9.09. The summed E-state index contributed by atoms with van der Waals surface area (Å²) in [6.07, 6.45) is 7.63. The summed E-state index contributed by atoms with van der Waals surface area (Å²) < 4.78 is 0. The maximum Gasteiger partial charge on any atom is 0.256 e. The third-order valence-electron chi connectivity index (χ3n) is 5.91. The van der Waals surface area contributed by atoms with E-state index in [0.29, 0.717) is 41.9 Å². The lowest BCUT2D eigenvalue weighted by molar-refractivity contribution is 0.0766. The van der Waals surface area contributed by atoms with Crippen LogP contribution in [0.5, 0.6) is 0 Å². The molecule has 3 heterocycles. The van der Waals surface area contributed by atoms with Crippen LogP contribution in [0.15, 0.2) is 67.3 Å². The Morgan fingerprint density at radius 2 is 1.71 bits per heavy atom. The number of amides is 1. The highest BCUT2D eigenvalue weighted by Crippen LogP contribution is 2.27. The molecule has 8 nitrogen and oxygen atoms in total. The van der Waals surface area contributed by atoms with Gasteiger partial charge in [0.05, 0.1) is 23.6 Å². The molecule has 1 aliphatic heterocycles. The maximum absolute atomic E-state index is 13.5. The van der Waals surface area contributed by atoms with Crippen LogP contribution in [-0.2, 0) is 0 Å². The van der Waals surface area contributed by atoms with Gasteiger partial charge in [0.25, 0.3) is 5.91 Å². The van der Waals surface area contributed by atoms with Crippen molar-refractivity contribution in [1.82, 2.24) is 29.9 Å². The van der Waals surface area contributed by atoms with Gasteiger partial charge >= 0.3 is 0 Å². The molecule has 1 amide bonds. The molecule has 1 fully saturated rings. The molecule has 5 rings (SSSR count). The number of anilines is 1. The SMILES string of the molecule is Cc1ccc(-n2nccn2)c(C(=O)N2CCCN(c3ncc(-c4ccccc4Cl)cn3)CC2)c1. The number of aryl methyl sites for hydroxylation is 1. The number of rotatable bonds is 4. The van der Waals surface area contributed by atoms with Crippen molar-refractivity contribution < 1.29 is 4.79 Å². The third-order valence-corrected chi connectivity index (χ3v) is 6.24. The summed E-state index contributed by atoms with van der Waals surface area (Å²) >= 11 is 6.31. The Morgan fingerprint density at radius 1 is 0.941 bits per heavy atom. The number of nitrogens with zero attached hydrogens (tertiary/aromatic N) is 7. The number of benzene rings is 2. The minimum Gasteiger partial charge on any atom is -0.339 e. The van der Waals surface area contributed by atoms with Crippen molar-refractivity contribution in [2.45, 2.75) is 13.3 Å². The number of hydrogen-bond acceptors (Lipinski definition) is 6. The number of halogens is 1. The first-order chi connectivity index (χ1) is 16.6. The summed E-state index contributed by atoms with van der Waals surface area (Å²) in [7, 11) is 0. The van der Waals surface area contributed by atoms with Crippen LogP contribution in [-0.4, -0.2) is 61.9 Å². The lowest BCUT2D eigenvalue weighted by atomic mass is 10.1. The van der Waals surface area contributed by atoms with Gasteiger partial charge < -0.3 is 9.80 Å². The second-order valence-electron chi connectivity index (χ2n) is 8.22. The first-order valence-corrected chi connectivity index (χ1v) is 11.6. The van der Waals surface area contributed by atoms with E-state index in [4.69, 9.17) is 11.6 Å². The molecule has 0 bridgehead atoms. The molecule has 0 atom stereocenters. The van der Waals surface area contributed by atoms with Crippen molar-refractivity contribution >= 4 is 23.5 Å². The van der Waals surface area contributed by atoms with E-state index in [1.54, 1.807) is 24.8 Å². The second-order valence-corrected chi connectivity index (χ2v) is 8.63. The molecule has 1 saturated heterocycles. The fourth-order valence-electron chi connectivity index (χ4n) is 4.15. The standard InChI is InChI=1S/C25H24ClN7O/c1-18-7-8-23(33-29-9-10-30-33)21(15-18)24(34)31-11-4-12-32(14-13-31)25-27-16-19(17-28-25)20-5-2-3-6-22(20)26/h2-3,5-10,15-17H,4,11-14H2,1H3. The van der Waals surface area contributed by atoms with E-state index in [2.05, 4.69) is 25.1 Å². The lowest BCUT2D eigenvalue weighted by Crippen LogP contribution is -2.36. The fraction of sp³-hybridized carbons (Fsp3) is 0.240. The number of carbonyl (C=O) groups excluding carboxylic acids is 1. The largest absolute Gasteiger partial charge is 0.339 e. The highest BCUT2D eigenvalue weighted by molar-refractivity contribution is 6.33. The minimum absolute atomic E-state index is 0.0205. The predicted octanol–water partition coefficient (Wildman–Crippen LogP) is 4.04. The fourth-order valence-corrected chi connectivity index (χ4v) is 4.39. The Hall–Kier alpha value is -3.78. The van der Waals surface area contributed by atoms with Crippen LogP contribution >= 0.6 is 11.6 Å². The molecule has 34 heavy (non-hydrogen) atoms. The topological polar surface area (TPSA) is 80.0 Å². The molecule has 2 aromatic heterocycles. The van der Waals surface area contributed by atoms with Crippen molar-refractivity contribution in [1.29, 1.82) is 0 Å². The monoisotopic (exact) mass is 473 g/mol. The molecular weight excluding hydrogens is 450 g/mol. The van der Waals surface area contributed by atoms with Crippen LogP contribution < -0.4 is 4.90 Å². The van der Waals surface area contributed by atoms with Crippen LogP contribution in [0.1, 0.15) is 22.3 Å². The quantitative estimate of drug-likeness (QED) is 0.445. The van der Waals surface area contributed by atoms with Gasteiger partial charge in [0.2, 0.25) is 5.95 Å². The predicted molar refractivity (Wildman–Crippen MR) is 131 cm³/mol. The molecule has 0 unspecified atom stereocenters. The average Bonchev–Trinajstić information content (AvgIpc) is 3.28. The third kappa shape index (κ3) is 4.49. The molecule has 0 N–H and O–H groups in total. The number of aromatic nitrogens is 5. The van der Waals surface area contributed by atoms with Gasteiger partial charge in [-0.3, -0.25) is 4.79 Å². The zero-order chi connectivity index (χ0) is 23.5. The summed E-state index contributed by atoms with van der Waals surface area (Å²) in [5.41, 5.74) is 4.08. The minimum atomic E-state index is -0.0205. The number of carbonyl (C=O) groups is 1. The molecule has 0 aliphatic carbocycles.